The van der Waals surface area contributed by atoms with Crippen molar-refractivity contribution in [2.45, 2.75) is 24.1 Å². The Morgan fingerprint density at radius 2 is 2.00 bits per heavy atom. The predicted molar refractivity (Wildman–Crippen MR) is 50.7 cm³/mol. The third-order valence-electron chi connectivity index (χ3n) is 1.23. The van der Waals surface area contributed by atoms with E-state index in [1.165, 1.54) is 0 Å². The fourth-order valence-corrected chi connectivity index (χ4v) is 1.41. The minimum atomic E-state index is -1.38. The van der Waals surface area contributed by atoms with Gasteiger partial charge in [-0.1, -0.05) is 41.7 Å². The van der Waals surface area contributed by atoms with Crippen molar-refractivity contribution in [2.24, 2.45) is 5.92 Å². The highest BCUT2D eigenvalue weighted by molar-refractivity contribution is 6.67. The Kier molecular flexibility index (Phi) is 5.30. The maximum absolute atomic E-state index is 11.0. The van der Waals surface area contributed by atoms with Crippen molar-refractivity contribution >= 4 is 40.8 Å². The minimum Gasteiger partial charge on any atom is -0.466 e. The molecule has 1 atom stereocenters. The van der Waals surface area contributed by atoms with Crippen molar-refractivity contribution in [2.75, 3.05) is 6.61 Å². The second kappa shape index (κ2) is 5.15. The standard InChI is InChI=1S/C7H11Cl3O2/c1-3-12-6(11)5(2)4-7(8,9)10/h5H,3-4H2,1-2H3. The summed E-state index contributed by atoms with van der Waals surface area (Å²) < 4.78 is 3.35. The van der Waals surface area contributed by atoms with Crippen LogP contribution in [0, 0.1) is 5.92 Å². The molecule has 0 heterocycles. The Bertz CT molecular complexity index is 153. The van der Waals surface area contributed by atoms with E-state index >= 15 is 0 Å². The molecule has 0 radical (unpaired) electrons. The number of esters is 1. The van der Waals surface area contributed by atoms with Crippen LogP contribution in [0.25, 0.3) is 0 Å². The summed E-state index contributed by atoms with van der Waals surface area (Å²) in [6.07, 6.45) is 0.177. The Labute approximate surface area is 87.1 Å². The molecule has 0 spiro atoms. The van der Waals surface area contributed by atoms with Crippen molar-refractivity contribution < 1.29 is 9.53 Å². The van der Waals surface area contributed by atoms with Crippen LogP contribution in [0.2, 0.25) is 0 Å². The molecular weight excluding hydrogens is 222 g/mol. The molecule has 1 unspecified atom stereocenters. The summed E-state index contributed by atoms with van der Waals surface area (Å²) in [5, 5.41) is 0. The van der Waals surface area contributed by atoms with Crippen molar-refractivity contribution in [3.8, 4) is 0 Å². The van der Waals surface area contributed by atoms with E-state index in [0.717, 1.165) is 0 Å². The van der Waals surface area contributed by atoms with Gasteiger partial charge in [-0.05, 0) is 6.92 Å². The fraction of sp³-hybridized carbons (Fsp3) is 0.857. The molecule has 12 heavy (non-hydrogen) atoms. The maximum Gasteiger partial charge on any atom is 0.308 e. The van der Waals surface area contributed by atoms with Gasteiger partial charge >= 0.3 is 5.97 Å². The van der Waals surface area contributed by atoms with Crippen LogP contribution in [0.1, 0.15) is 20.3 Å². The molecule has 0 aliphatic rings. The maximum atomic E-state index is 11.0. The van der Waals surface area contributed by atoms with E-state index in [1.807, 2.05) is 0 Å². The largest absolute Gasteiger partial charge is 0.466 e. The lowest BCUT2D eigenvalue weighted by molar-refractivity contribution is -0.147. The molecule has 72 valence electrons. The Hall–Kier alpha value is 0.340. The molecular formula is C7H11Cl3O2. The summed E-state index contributed by atoms with van der Waals surface area (Å²) in [5.41, 5.74) is 0. The summed E-state index contributed by atoms with van der Waals surface area (Å²) in [5.74, 6) is -0.707. The zero-order valence-electron chi connectivity index (χ0n) is 6.94. The monoisotopic (exact) mass is 232 g/mol. The van der Waals surface area contributed by atoms with Gasteiger partial charge < -0.3 is 4.74 Å². The molecule has 0 aromatic heterocycles. The lowest BCUT2D eigenvalue weighted by Gasteiger charge is -2.15. The third kappa shape index (κ3) is 5.92. The van der Waals surface area contributed by atoms with E-state index in [4.69, 9.17) is 39.5 Å². The smallest absolute Gasteiger partial charge is 0.308 e. The zero-order chi connectivity index (χ0) is 9.78. The fourth-order valence-electron chi connectivity index (χ4n) is 0.715. The number of alkyl halides is 3. The van der Waals surface area contributed by atoms with E-state index in [1.54, 1.807) is 13.8 Å². The molecule has 5 heteroatoms. The molecule has 0 fully saturated rings. The average molecular weight is 234 g/mol. The first-order chi connectivity index (χ1) is 5.37. The second-order valence-corrected chi connectivity index (χ2v) is 4.99. The van der Waals surface area contributed by atoms with E-state index in [0.29, 0.717) is 6.61 Å². The van der Waals surface area contributed by atoms with Gasteiger partial charge in [-0.2, -0.15) is 0 Å². The van der Waals surface area contributed by atoms with Gasteiger partial charge in [0.1, 0.15) is 0 Å². The van der Waals surface area contributed by atoms with Gasteiger partial charge in [-0.25, -0.2) is 0 Å². The summed E-state index contributed by atoms with van der Waals surface area (Å²) in [6.45, 7) is 3.75. The van der Waals surface area contributed by atoms with Crippen LogP contribution in [0.3, 0.4) is 0 Å². The first-order valence-corrected chi connectivity index (χ1v) is 4.73. The lowest BCUT2D eigenvalue weighted by Crippen LogP contribution is -2.20. The van der Waals surface area contributed by atoms with Crippen LogP contribution in [0.4, 0.5) is 0 Å². The van der Waals surface area contributed by atoms with Gasteiger partial charge in [0.05, 0.1) is 12.5 Å². The number of ether oxygens (including phenoxy) is 1. The Morgan fingerprint density at radius 1 is 1.50 bits per heavy atom. The first kappa shape index (κ1) is 12.3. The molecule has 0 rings (SSSR count). The summed E-state index contributed by atoms with van der Waals surface area (Å²) in [6, 6.07) is 0. The Morgan fingerprint density at radius 3 is 2.33 bits per heavy atom. The molecule has 2 nitrogen and oxygen atoms in total. The van der Waals surface area contributed by atoms with E-state index < -0.39 is 3.79 Å². The number of hydrogen-bond acceptors (Lipinski definition) is 2. The minimum absolute atomic E-state index is 0.177. The number of carbonyl (C=O) groups excluding carboxylic acids is 1. The zero-order valence-corrected chi connectivity index (χ0v) is 9.21. The number of carbonyl (C=O) groups is 1. The predicted octanol–water partition coefficient (Wildman–Crippen LogP) is 2.95. The van der Waals surface area contributed by atoms with Gasteiger partial charge in [0.25, 0.3) is 0 Å². The van der Waals surface area contributed by atoms with Gasteiger partial charge in [0.2, 0.25) is 0 Å². The Balaban J connectivity index is 3.87. The third-order valence-corrected chi connectivity index (χ3v) is 1.69. The van der Waals surface area contributed by atoms with Crippen LogP contribution in [0.15, 0.2) is 0 Å². The number of halogens is 3. The van der Waals surface area contributed by atoms with E-state index in [9.17, 15) is 4.79 Å². The highest BCUT2D eigenvalue weighted by Gasteiger charge is 2.27. The molecule has 0 saturated carbocycles. The summed E-state index contributed by atoms with van der Waals surface area (Å²) in [4.78, 5) is 11.0. The lowest BCUT2D eigenvalue weighted by atomic mass is 10.1. The average Bonchev–Trinajstić information content (AvgIpc) is 1.84. The summed E-state index contributed by atoms with van der Waals surface area (Å²) in [7, 11) is 0. The number of hydrogen-bond donors (Lipinski definition) is 0. The van der Waals surface area contributed by atoms with Crippen molar-refractivity contribution in [1.82, 2.24) is 0 Å². The van der Waals surface area contributed by atoms with Crippen LogP contribution >= 0.6 is 34.8 Å². The summed E-state index contributed by atoms with van der Waals surface area (Å²) >= 11 is 16.5. The van der Waals surface area contributed by atoms with Gasteiger partial charge in [0, 0.05) is 6.42 Å². The van der Waals surface area contributed by atoms with Crippen LogP contribution in [0.5, 0.6) is 0 Å². The second-order valence-electron chi connectivity index (χ2n) is 2.47. The highest BCUT2D eigenvalue weighted by Crippen LogP contribution is 2.33. The molecule has 0 aromatic carbocycles. The van der Waals surface area contributed by atoms with Crippen LogP contribution < -0.4 is 0 Å². The SMILES string of the molecule is CCOC(=O)C(C)CC(Cl)(Cl)Cl. The first-order valence-electron chi connectivity index (χ1n) is 3.60. The van der Waals surface area contributed by atoms with Gasteiger partial charge in [-0.3, -0.25) is 4.79 Å². The van der Waals surface area contributed by atoms with Crippen LogP contribution in [-0.4, -0.2) is 16.4 Å². The van der Waals surface area contributed by atoms with Crippen molar-refractivity contribution in [3.63, 3.8) is 0 Å². The molecule has 0 aliphatic heterocycles. The molecule has 0 aliphatic carbocycles. The van der Waals surface area contributed by atoms with Gasteiger partial charge in [0.15, 0.2) is 3.79 Å². The quantitative estimate of drug-likeness (QED) is 0.553. The van der Waals surface area contributed by atoms with E-state index in [2.05, 4.69) is 0 Å². The molecule has 0 bridgehead atoms. The molecule has 0 aromatic rings. The normalized spacial score (nSPS) is 14.1. The van der Waals surface area contributed by atoms with Gasteiger partial charge in [-0.15, -0.1) is 0 Å². The number of rotatable bonds is 3. The van der Waals surface area contributed by atoms with E-state index in [-0.39, 0.29) is 18.3 Å². The van der Waals surface area contributed by atoms with Crippen molar-refractivity contribution in [1.29, 1.82) is 0 Å². The highest BCUT2D eigenvalue weighted by atomic mass is 35.6. The molecule has 0 N–H and O–H groups in total. The van der Waals surface area contributed by atoms with Crippen LogP contribution in [-0.2, 0) is 9.53 Å². The van der Waals surface area contributed by atoms with Crippen molar-refractivity contribution in [3.05, 3.63) is 0 Å². The molecule has 0 amide bonds. The topological polar surface area (TPSA) is 26.3 Å². The molecule has 0 saturated heterocycles.